The number of anilines is 1. The fraction of sp³-hybridized carbons (Fsp3) is 0.333. The molecule has 2 N–H and O–H groups in total. The molecule has 3 rings (SSSR count). The summed E-state index contributed by atoms with van der Waals surface area (Å²) >= 11 is 0. The molecule has 1 aromatic heterocycles. The lowest BCUT2D eigenvalue weighted by molar-refractivity contribution is 0.189. The first-order valence-corrected chi connectivity index (χ1v) is 5.60. The quantitative estimate of drug-likeness (QED) is 0.798. The lowest BCUT2D eigenvalue weighted by atomic mass is 10.1. The molecular weight excluding hydrogens is 218 g/mol. The summed E-state index contributed by atoms with van der Waals surface area (Å²) in [6.07, 6.45) is 0.943. The van der Waals surface area contributed by atoms with Gasteiger partial charge in [-0.05, 0) is 18.6 Å². The number of aromatic nitrogens is 2. The van der Waals surface area contributed by atoms with Crippen molar-refractivity contribution in [3.63, 3.8) is 0 Å². The summed E-state index contributed by atoms with van der Waals surface area (Å²) in [5.74, 6) is 1.47. The highest BCUT2D eigenvalue weighted by Gasteiger charge is 2.24. The predicted molar refractivity (Wildman–Crippen MR) is 62.3 cm³/mol. The van der Waals surface area contributed by atoms with Crippen molar-refractivity contribution in [2.75, 3.05) is 18.9 Å². The van der Waals surface area contributed by atoms with Gasteiger partial charge in [0.25, 0.3) is 0 Å². The SMILES string of the molecule is Nc1cccc(-c2noc([C@@H]3CCOC3)n2)c1. The van der Waals surface area contributed by atoms with Crippen LogP contribution in [-0.4, -0.2) is 23.4 Å². The summed E-state index contributed by atoms with van der Waals surface area (Å²) in [6.45, 7) is 1.43. The van der Waals surface area contributed by atoms with Gasteiger partial charge in [-0.3, -0.25) is 0 Å². The Bertz CT molecular complexity index is 518. The predicted octanol–water partition coefficient (Wildman–Crippen LogP) is 1.82. The maximum absolute atomic E-state index is 5.72. The van der Waals surface area contributed by atoms with Crippen LogP contribution in [0.15, 0.2) is 28.8 Å². The minimum absolute atomic E-state index is 0.234. The smallest absolute Gasteiger partial charge is 0.232 e. The first-order chi connectivity index (χ1) is 8.33. The molecule has 2 heterocycles. The van der Waals surface area contributed by atoms with Crippen LogP contribution in [0.5, 0.6) is 0 Å². The van der Waals surface area contributed by atoms with E-state index in [0.29, 0.717) is 24.0 Å². The number of nitrogens with two attached hydrogens (primary N) is 1. The fourth-order valence-electron chi connectivity index (χ4n) is 1.93. The van der Waals surface area contributed by atoms with Gasteiger partial charge in [-0.2, -0.15) is 4.98 Å². The van der Waals surface area contributed by atoms with Crippen LogP contribution in [0.3, 0.4) is 0 Å². The maximum Gasteiger partial charge on any atom is 0.232 e. The normalized spacial score (nSPS) is 19.6. The first-order valence-electron chi connectivity index (χ1n) is 5.60. The molecule has 5 nitrogen and oxygen atoms in total. The second-order valence-corrected chi connectivity index (χ2v) is 4.14. The zero-order chi connectivity index (χ0) is 11.7. The number of ether oxygens (including phenoxy) is 1. The summed E-state index contributed by atoms with van der Waals surface area (Å²) in [6, 6.07) is 7.45. The minimum atomic E-state index is 0.234. The second-order valence-electron chi connectivity index (χ2n) is 4.14. The Balaban J connectivity index is 1.89. The molecule has 1 aromatic carbocycles. The van der Waals surface area contributed by atoms with Crippen LogP contribution in [0.4, 0.5) is 5.69 Å². The molecule has 5 heteroatoms. The highest BCUT2D eigenvalue weighted by molar-refractivity contribution is 5.60. The van der Waals surface area contributed by atoms with Crippen molar-refractivity contribution in [1.29, 1.82) is 0 Å². The van der Waals surface area contributed by atoms with Crippen molar-refractivity contribution >= 4 is 5.69 Å². The number of hydrogen-bond acceptors (Lipinski definition) is 5. The van der Waals surface area contributed by atoms with Crippen molar-refractivity contribution in [3.05, 3.63) is 30.2 Å². The molecule has 17 heavy (non-hydrogen) atoms. The van der Waals surface area contributed by atoms with Crippen molar-refractivity contribution in [3.8, 4) is 11.4 Å². The summed E-state index contributed by atoms with van der Waals surface area (Å²) in [5.41, 5.74) is 7.29. The average molecular weight is 231 g/mol. The molecule has 0 saturated carbocycles. The van der Waals surface area contributed by atoms with Gasteiger partial charge >= 0.3 is 0 Å². The molecule has 0 aliphatic carbocycles. The first kappa shape index (κ1) is 10.3. The van der Waals surface area contributed by atoms with Crippen LogP contribution in [0, 0.1) is 0 Å². The average Bonchev–Trinajstić information content (AvgIpc) is 3.00. The van der Waals surface area contributed by atoms with Gasteiger partial charge in [-0.1, -0.05) is 17.3 Å². The lowest BCUT2D eigenvalue weighted by Gasteiger charge is -1.98. The van der Waals surface area contributed by atoms with Gasteiger partial charge in [0.2, 0.25) is 11.7 Å². The molecule has 88 valence electrons. The Morgan fingerprint density at radius 1 is 1.35 bits per heavy atom. The Labute approximate surface area is 98.6 Å². The molecule has 1 saturated heterocycles. The Morgan fingerprint density at radius 3 is 3.06 bits per heavy atom. The van der Waals surface area contributed by atoms with Crippen LogP contribution in [0.25, 0.3) is 11.4 Å². The number of benzene rings is 1. The maximum atomic E-state index is 5.72. The van der Waals surface area contributed by atoms with Crippen LogP contribution < -0.4 is 5.73 Å². The third kappa shape index (κ3) is 2.01. The standard InChI is InChI=1S/C12H13N3O2/c13-10-3-1-2-8(6-10)11-14-12(17-15-11)9-4-5-16-7-9/h1-3,6,9H,4-5,7,13H2/t9-/m1/s1. The molecule has 1 aliphatic heterocycles. The number of rotatable bonds is 2. The number of nitrogen functional groups attached to an aromatic ring is 1. The molecule has 0 spiro atoms. The third-order valence-corrected chi connectivity index (χ3v) is 2.87. The van der Waals surface area contributed by atoms with E-state index >= 15 is 0 Å². The molecule has 0 amide bonds. The van der Waals surface area contributed by atoms with Gasteiger partial charge in [0.15, 0.2) is 0 Å². The molecular formula is C12H13N3O2. The van der Waals surface area contributed by atoms with Gasteiger partial charge < -0.3 is 15.0 Å². The summed E-state index contributed by atoms with van der Waals surface area (Å²) < 4.78 is 10.6. The molecule has 2 aromatic rings. The Kier molecular flexibility index (Phi) is 2.53. The van der Waals surface area contributed by atoms with E-state index in [1.54, 1.807) is 0 Å². The van der Waals surface area contributed by atoms with E-state index in [2.05, 4.69) is 10.1 Å². The molecule has 0 bridgehead atoms. The van der Waals surface area contributed by atoms with E-state index in [9.17, 15) is 0 Å². The zero-order valence-electron chi connectivity index (χ0n) is 9.30. The molecule has 1 atom stereocenters. The monoisotopic (exact) mass is 231 g/mol. The van der Waals surface area contributed by atoms with Gasteiger partial charge in [-0.15, -0.1) is 0 Å². The van der Waals surface area contributed by atoms with Gasteiger partial charge in [0.1, 0.15) is 0 Å². The van der Waals surface area contributed by atoms with E-state index < -0.39 is 0 Å². The Hall–Kier alpha value is -1.88. The van der Waals surface area contributed by atoms with Gasteiger partial charge in [0.05, 0.1) is 12.5 Å². The van der Waals surface area contributed by atoms with Crippen LogP contribution in [0.1, 0.15) is 18.2 Å². The van der Waals surface area contributed by atoms with Crippen molar-refractivity contribution in [2.45, 2.75) is 12.3 Å². The van der Waals surface area contributed by atoms with E-state index in [-0.39, 0.29) is 5.92 Å². The van der Waals surface area contributed by atoms with E-state index in [0.717, 1.165) is 18.6 Å². The molecule has 1 fully saturated rings. The lowest BCUT2D eigenvalue weighted by Crippen LogP contribution is -1.97. The molecule has 1 aliphatic rings. The van der Waals surface area contributed by atoms with Crippen molar-refractivity contribution in [1.82, 2.24) is 10.1 Å². The molecule has 0 radical (unpaired) electrons. The highest BCUT2D eigenvalue weighted by atomic mass is 16.5. The summed E-state index contributed by atoms with van der Waals surface area (Å²) in [4.78, 5) is 4.39. The van der Waals surface area contributed by atoms with Crippen LogP contribution in [0.2, 0.25) is 0 Å². The topological polar surface area (TPSA) is 74.2 Å². The third-order valence-electron chi connectivity index (χ3n) is 2.87. The van der Waals surface area contributed by atoms with E-state index in [1.165, 1.54) is 0 Å². The van der Waals surface area contributed by atoms with Gasteiger partial charge in [0, 0.05) is 17.9 Å². The van der Waals surface area contributed by atoms with Crippen LogP contribution >= 0.6 is 0 Å². The highest BCUT2D eigenvalue weighted by Crippen LogP contribution is 2.26. The van der Waals surface area contributed by atoms with E-state index in [1.807, 2.05) is 24.3 Å². The Morgan fingerprint density at radius 2 is 2.29 bits per heavy atom. The van der Waals surface area contributed by atoms with Gasteiger partial charge in [-0.25, -0.2) is 0 Å². The summed E-state index contributed by atoms with van der Waals surface area (Å²) in [5, 5.41) is 3.97. The minimum Gasteiger partial charge on any atom is -0.399 e. The van der Waals surface area contributed by atoms with E-state index in [4.69, 9.17) is 15.0 Å². The van der Waals surface area contributed by atoms with Crippen LogP contribution in [-0.2, 0) is 4.74 Å². The number of hydrogen-bond donors (Lipinski definition) is 1. The fourth-order valence-corrected chi connectivity index (χ4v) is 1.93. The van der Waals surface area contributed by atoms with Crippen molar-refractivity contribution < 1.29 is 9.26 Å². The summed E-state index contributed by atoms with van der Waals surface area (Å²) in [7, 11) is 0. The molecule has 0 unspecified atom stereocenters. The number of nitrogens with zero attached hydrogens (tertiary/aromatic N) is 2. The van der Waals surface area contributed by atoms with Crippen molar-refractivity contribution in [2.24, 2.45) is 0 Å². The largest absolute Gasteiger partial charge is 0.399 e. The second kappa shape index (κ2) is 4.18. The zero-order valence-corrected chi connectivity index (χ0v) is 9.30.